The standard InChI is InChI=1S/C10H18N2O/c13-10(12-8-4-5-8)7-9-3-1-2-6-11-9/h8-9,11H,1-7H2,(H,12,13). The zero-order valence-electron chi connectivity index (χ0n) is 8.01. The molecule has 13 heavy (non-hydrogen) atoms. The van der Waals surface area contributed by atoms with Crippen molar-refractivity contribution in [3.63, 3.8) is 0 Å². The first-order chi connectivity index (χ1) is 6.34. The van der Waals surface area contributed by atoms with Crippen LogP contribution in [0, 0.1) is 0 Å². The van der Waals surface area contributed by atoms with Gasteiger partial charge in [0, 0.05) is 18.5 Å². The molecule has 3 nitrogen and oxygen atoms in total. The molecule has 1 heterocycles. The quantitative estimate of drug-likeness (QED) is 0.677. The van der Waals surface area contributed by atoms with Crippen LogP contribution >= 0.6 is 0 Å². The van der Waals surface area contributed by atoms with Gasteiger partial charge in [0.2, 0.25) is 5.91 Å². The maximum atomic E-state index is 11.4. The molecule has 0 aromatic carbocycles. The molecule has 1 saturated carbocycles. The molecule has 2 rings (SSSR count). The van der Waals surface area contributed by atoms with E-state index in [2.05, 4.69) is 10.6 Å². The van der Waals surface area contributed by atoms with Crippen molar-refractivity contribution in [1.29, 1.82) is 0 Å². The van der Waals surface area contributed by atoms with E-state index in [1.165, 1.54) is 25.7 Å². The molecule has 2 fully saturated rings. The zero-order valence-corrected chi connectivity index (χ0v) is 8.01. The number of carbonyl (C=O) groups excluding carboxylic acids is 1. The smallest absolute Gasteiger partial charge is 0.221 e. The number of nitrogens with one attached hydrogen (secondary N) is 2. The first kappa shape index (κ1) is 9.00. The lowest BCUT2D eigenvalue weighted by molar-refractivity contribution is -0.121. The molecule has 1 unspecified atom stereocenters. The van der Waals surface area contributed by atoms with E-state index in [0.29, 0.717) is 18.5 Å². The summed E-state index contributed by atoms with van der Waals surface area (Å²) in [5.41, 5.74) is 0. The molecule has 3 heteroatoms. The summed E-state index contributed by atoms with van der Waals surface area (Å²) in [7, 11) is 0. The van der Waals surface area contributed by atoms with Crippen molar-refractivity contribution in [2.45, 2.75) is 50.6 Å². The first-order valence-electron chi connectivity index (χ1n) is 5.37. The van der Waals surface area contributed by atoms with E-state index < -0.39 is 0 Å². The predicted octanol–water partition coefficient (Wildman–Crippen LogP) is 0.797. The average molecular weight is 182 g/mol. The Morgan fingerprint density at radius 2 is 2.15 bits per heavy atom. The van der Waals surface area contributed by atoms with Crippen LogP contribution in [0.5, 0.6) is 0 Å². The fourth-order valence-corrected chi connectivity index (χ4v) is 1.84. The number of amides is 1. The molecule has 0 spiro atoms. The summed E-state index contributed by atoms with van der Waals surface area (Å²) < 4.78 is 0. The van der Waals surface area contributed by atoms with Crippen LogP contribution in [0.1, 0.15) is 38.5 Å². The first-order valence-corrected chi connectivity index (χ1v) is 5.37. The van der Waals surface area contributed by atoms with Crippen molar-refractivity contribution in [3.05, 3.63) is 0 Å². The Labute approximate surface area is 79.3 Å². The van der Waals surface area contributed by atoms with Gasteiger partial charge in [-0.1, -0.05) is 6.42 Å². The molecule has 0 radical (unpaired) electrons. The number of hydrogen-bond acceptors (Lipinski definition) is 2. The molecule has 0 aromatic rings. The Hall–Kier alpha value is -0.570. The summed E-state index contributed by atoms with van der Waals surface area (Å²) in [5.74, 6) is 0.238. The number of rotatable bonds is 3. The van der Waals surface area contributed by atoms with E-state index in [9.17, 15) is 4.79 Å². The van der Waals surface area contributed by atoms with Crippen molar-refractivity contribution in [1.82, 2.24) is 10.6 Å². The molecule has 74 valence electrons. The molecule has 1 amide bonds. The van der Waals surface area contributed by atoms with E-state index in [1.807, 2.05) is 0 Å². The van der Waals surface area contributed by atoms with Crippen LogP contribution in [0.2, 0.25) is 0 Å². The van der Waals surface area contributed by atoms with Crippen LogP contribution in [-0.4, -0.2) is 24.5 Å². The van der Waals surface area contributed by atoms with Crippen LogP contribution in [0.4, 0.5) is 0 Å². The summed E-state index contributed by atoms with van der Waals surface area (Å²) in [6, 6.07) is 0.948. The van der Waals surface area contributed by atoms with Gasteiger partial charge in [-0.3, -0.25) is 4.79 Å². The van der Waals surface area contributed by atoms with Crippen LogP contribution in [0.3, 0.4) is 0 Å². The van der Waals surface area contributed by atoms with Crippen LogP contribution < -0.4 is 10.6 Å². The van der Waals surface area contributed by atoms with Crippen molar-refractivity contribution < 1.29 is 4.79 Å². The Bertz CT molecular complexity index is 183. The molecule has 1 atom stereocenters. The van der Waals surface area contributed by atoms with Crippen molar-refractivity contribution in [3.8, 4) is 0 Å². The van der Waals surface area contributed by atoms with Crippen LogP contribution in [0.15, 0.2) is 0 Å². The van der Waals surface area contributed by atoms with E-state index in [4.69, 9.17) is 0 Å². The summed E-state index contributed by atoms with van der Waals surface area (Å²) in [4.78, 5) is 11.4. The van der Waals surface area contributed by atoms with Gasteiger partial charge in [0.05, 0.1) is 0 Å². The van der Waals surface area contributed by atoms with Crippen molar-refractivity contribution in [2.75, 3.05) is 6.54 Å². The number of piperidine rings is 1. The summed E-state index contributed by atoms with van der Waals surface area (Å²) in [6.45, 7) is 1.08. The monoisotopic (exact) mass is 182 g/mol. The summed E-state index contributed by atoms with van der Waals surface area (Å²) in [5, 5.41) is 6.41. The van der Waals surface area contributed by atoms with Gasteiger partial charge < -0.3 is 10.6 Å². The lowest BCUT2D eigenvalue weighted by Gasteiger charge is -2.22. The number of hydrogen-bond donors (Lipinski definition) is 2. The maximum Gasteiger partial charge on any atom is 0.221 e. The minimum Gasteiger partial charge on any atom is -0.353 e. The van der Waals surface area contributed by atoms with Gasteiger partial charge in [-0.25, -0.2) is 0 Å². The third kappa shape index (κ3) is 2.99. The molecule has 1 aliphatic carbocycles. The molecular formula is C10H18N2O. The lowest BCUT2D eigenvalue weighted by Crippen LogP contribution is -2.39. The maximum absolute atomic E-state index is 11.4. The van der Waals surface area contributed by atoms with Gasteiger partial charge in [0.25, 0.3) is 0 Å². The van der Waals surface area contributed by atoms with Gasteiger partial charge in [-0.15, -0.1) is 0 Å². The third-order valence-corrected chi connectivity index (χ3v) is 2.79. The molecule has 0 aromatic heterocycles. The van der Waals surface area contributed by atoms with Gasteiger partial charge in [0.1, 0.15) is 0 Å². The minimum atomic E-state index is 0.238. The second-order valence-corrected chi connectivity index (χ2v) is 4.19. The Kier molecular flexibility index (Phi) is 2.83. The highest BCUT2D eigenvalue weighted by Gasteiger charge is 2.24. The second kappa shape index (κ2) is 4.09. The van der Waals surface area contributed by atoms with Crippen molar-refractivity contribution >= 4 is 5.91 Å². The van der Waals surface area contributed by atoms with Gasteiger partial charge in [0.15, 0.2) is 0 Å². The number of carbonyl (C=O) groups is 1. The van der Waals surface area contributed by atoms with Crippen LogP contribution in [-0.2, 0) is 4.79 Å². The van der Waals surface area contributed by atoms with Gasteiger partial charge in [-0.2, -0.15) is 0 Å². The Morgan fingerprint density at radius 3 is 2.77 bits per heavy atom. The molecular weight excluding hydrogens is 164 g/mol. The molecule has 0 bridgehead atoms. The van der Waals surface area contributed by atoms with Crippen molar-refractivity contribution in [2.24, 2.45) is 0 Å². The van der Waals surface area contributed by atoms with E-state index >= 15 is 0 Å². The third-order valence-electron chi connectivity index (χ3n) is 2.79. The Morgan fingerprint density at radius 1 is 1.31 bits per heavy atom. The SMILES string of the molecule is O=C(CC1CCCCN1)NC1CC1. The minimum absolute atomic E-state index is 0.238. The molecule has 1 saturated heterocycles. The molecule has 2 N–H and O–H groups in total. The fraction of sp³-hybridized carbons (Fsp3) is 0.900. The highest BCUT2D eigenvalue weighted by Crippen LogP contribution is 2.19. The van der Waals surface area contributed by atoms with E-state index in [1.54, 1.807) is 0 Å². The summed E-state index contributed by atoms with van der Waals surface area (Å²) >= 11 is 0. The lowest BCUT2D eigenvalue weighted by atomic mass is 10.0. The largest absolute Gasteiger partial charge is 0.353 e. The van der Waals surface area contributed by atoms with E-state index in [-0.39, 0.29) is 5.91 Å². The Balaban J connectivity index is 1.66. The molecule has 2 aliphatic rings. The highest BCUT2D eigenvalue weighted by atomic mass is 16.1. The molecule has 1 aliphatic heterocycles. The predicted molar refractivity (Wildman–Crippen MR) is 51.4 cm³/mol. The van der Waals surface area contributed by atoms with E-state index in [0.717, 1.165) is 13.0 Å². The second-order valence-electron chi connectivity index (χ2n) is 4.19. The highest BCUT2D eigenvalue weighted by molar-refractivity contribution is 5.77. The average Bonchev–Trinajstić information content (AvgIpc) is 2.90. The normalized spacial score (nSPS) is 28.5. The topological polar surface area (TPSA) is 41.1 Å². The van der Waals surface area contributed by atoms with Crippen LogP contribution in [0.25, 0.3) is 0 Å². The van der Waals surface area contributed by atoms with Gasteiger partial charge in [-0.05, 0) is 32.2 Å². The fourth-order valence-electron chi connectivity index (χ4n) is 1.84. The zero-order chi connectivity index (χ0) is 9.10. The van der Waals surface area contributed by atoms with Gasteiger partial charge >= 0.3 is 0 Å². The summed E-state index contributed by atoms with van der Waals surface area (Å²) in [6.07, 6.45) is 6.75.